The number of amides is 2. The Morgan fingerprint density at radius 2 is 1.58 bits per heavy atom. The molecular weight excluding hydrogens is 312 g/mol. The first-order valence-electron chi connectivity index (χ1n) is 8.45. The van der Waals surface area contributed by atoms with E-state index in [-0.39, 0.29) is 6.04 Å². The fourth-order valence-corrected chi connectivity index (χ4v) is 2.54. The van der Waals surface area contributed by atoms with Crippen LogP contribution in [0.1, 0.15) is 60.8 Å². The molecule has 0 saturated carbocycles. The topological polar surface area (TPSA) is 77.1 Å². The highest BCUT2D eigenvalue weighted by atomic mass is 16.6. The molecule has 140 valence electrons. The molecule has 0 aromatic carbocycles. The van der Waals surface area contributed by atoms with Gasteiger partial charge >= 0.3 is 12.2 Å². The van der Waals surface area contributed by atoms with E-state index in [1.165, 1.54) is 7.11 Å². The minimum Gasteiger partial charge on any atom is -0.444 e. The number of hydrogen-bond acceptors (Lipinski definition) is 5. The maximum Gasteiger partial charge on any atom is 0.412 e. The van der Waals surface area contributed by atoms with Gasteiger partial charge in [0.1, 0.15) is 11.2 Å². The van der Waals surface area contributed by atoms with Crippen LogP contribution in [0.15, 0.2) is 0 Å². The molecule has 24 heavy (non-hydrogen) atoms. The van der Waals surface area contributed by atoms with Gasteiger partial charge < -0.3 is 19.5 Å². The summed E-state index contributed by atoms with van der Waals surface area (Å²) in [6.45, 7) is 11.4. The first kappa shape index (κ1) is 20.5. The van der Waals surface area contributed by atoms with E-state index in [4.69, 9.17) is 14.2 Å². The molecular formula is C17H32N2O5. The summed E-state index contributed by atoms with van der Waals surface area (Å²) in [5.74, 6) is 0. The summed E-state index contributed by atoms with van der Waals surface area (Å²) in [5, 5.41) is 2.83. The Hall–Kier alpha value is -1.50. The summed E-state index contributed by atoms with van der Waals surface area (Å²) in [5.41, 5.74) is -1.17. The van der Waals surface area contributed by atoms with Crippen molar-refractivity contribution in [3.8, 4) is 0 Å². The third kappa shape index (κ3) is 6.95. The molecule has 1 heterocycles. The van der Waals surface area contributed by atoms with Crippen molar-refractivity contribution in [2.24, 2.45) is 0 Å². The quantitative estimate of drug-likeness (QED) is 0.832. The number of hydrogen-bond donors (Lipinski definition) is 1. The Balaban J connectivity index is 2.84. The Morgan fingerprint density at radius 3 is 2.08 bits per heavy atom. The number of alkyl carbamates (subject to hydrolysis) is 1. The summed E-state index contributed by atoms with van der Waals surface area (Å²) in [6.07, 6.45) is 0.866. The second-order valence-electron chi connectivity index (χ2n) is 8.05. The number of nitrogens with one attached hydrogen (secondary N) is 1. The number of likely N-dealkylation sites (tertiary alicyclic amines) is 1. The molecule has 1 unspecified atom stereocenters. The van der Waals surface area contributed by atoms with Gasteiger partial charge in [-0.3, -0.25) is 4.90 Å². The lowest BCUT2D eigenvalue weighted by atomic mass is 10.1. The van der Waals surface area contributed by atoms with Crippen LogP contribution >= 0.6 is 0 Å². The van der Waals surface area contributed by atoms with Crippen LogP contribution in [0.4, 0.5) is 9.59 Å². The second kappa shape index (κ2) is 8.05. The molecule has 2 atom stereocenters. The molecule has 7 heteroatoms. The number of nitrogens with zero attached hydrogens (tertiary/aromatic N) is 1. The summed E-state index contributed by atoms with van der Waals surface area (Å²) in [6, 6.07) is -0.347. The third-order valence-corrected chi connectivity index (χ3v) is 3.39. The first-order valence-corrected chi connectivity index (χ1v) is 8.45. The normalized spacial score (nSPS) is 22.5. The van der Waals surface area contributed by atoms with Crippen molar-refractivity contribution in [1.82, 2.24) is 10.2 Å². The Labute approximate surface area is 145 Å². The predicted molar refractivity (Wildman–Crippen MR) is 90.7 cm³/mol. The van der Waals surface area contributed by atoms with Gasteiger partial charge in [-0.1, -0.05) is 0 Å². The molecule has 1 rings (SSSR count). The van der Waals surface area contributed by atoms with Gasteiger partial charge in [-0.2, -0.15) is 0 Å². The van der Waals surface area contributed by atoms with Gasteiger partial charge in [0.2, 0.25) is 0 Å². The molecule has 0 bridgehead atoms. The maximum absolute atomic E-state index is 12.5. The van der Waals surface area contributed by atoms with E-state index in [1.807, 2.05) is 20.8 Å². The standard InChI is InChI=1S/C17H32N2O5/c1-16(2,3)23-14(20)18-12-10-8-9-11-19(13(12)22-7)15(21)24-17(4,5)6/h12-13H,8-11H2,1-7H3,(H,18,20)/t12-,13?/m1/s1. The highest BCUT2D eigenvalue weighted by Crippen LogP contribution is 2.21. The molecule has 1 N–H and O–H groups in total. The number of methoxy groups -OCH3 is 1. The molecule has 1 aliphatic rings. The lowest BCUT2D eigenvalue weighted by Gasteiger charge is -2.35. The Bertz CT molecular complexity index is 439. The smallest absolute Gasteiger partial charge is 0.412 e. The number of carbonyl (C=O) groups excluding carboxylic acids is 2. The van der Waals surface area contributed by atoms with Crippen LogP contribution in [0.3, 0.4) is 0 Å². The summed E-state index contributed by atoms with van der Waals surface area (Å²) in [7, 11) is 1.52. The average molecular weight is 344 g/mol. The monoisotopic (exact) mass is 344 g/mol. The van der Waals surface area contributed by atoms with Gasteiger partial charge in [-0.25, -0.2) is 9.59 Å². The Kier molecular flexibility index (Phi) is 6.89. The third-order valence-electron chi connectivity index (χ3n) is 3.39. The van der Waals surface area contributed by atoms with E-state index in [2.05, 4.69) is 5.32 Å². The molecule has 1 aliphatic heterocycles. The van der Waals surface area contributed by atoms with E-state index in [9.17, 15) is 9.59 Å². The van der Waals surface area contributed by atoms with E-state index in [0.29, 0.717) is 13.0 Å². The van der Waals surface area contributed by atoms with E-state index in [0.717, 1.165) is 12.8 Å². The summed E-state index contributed by atoms with van der Waals surface area (Å²) < 4.78 is 16.3. The van der Waals surface area contributed by atoms with Crippen molar-refractivity contribution >= 4 is 12.2 Å². The number of carbonyl (C=O) groups is 2. The highest BCUT2D eigenvalue weighted by Gasteiger charge is 2.36. The van der Waals surface area contributed by atoms with Crippen LogP contribution in [0.25, 0.3) is 0 Å². The Morgan fingerprint density at radius 1 is 1.00 bits per heavy atom. The average Bonchev–Trinajstić information content (AvgIpc) is 2.56. The SMILES string of the molecule is COC1[C@H](NC(=O)OC(C)(C)C)CCCCN1C(=O)OC(C)(C)C. The molecule has 1 fully saturated rings. The largest absolute Gasteiger partial charge is 0.444 e. The molecule has 1 saturated heterocycles. The van der Waals surface area contributed by atoms with Gasteiger partial charge in [0.25, 0.3) is 0 Å². The van der Waals surface area contributed by atoms with Crippen LogP contribution < -0.4 is 5.32 Å². The maximum atomic E-state index is 12.5. The lowest BCUT2D eigenvalue weighted by Crippen LogP contribution is -2.55. The van der Waals surface area contributed by atoms with Crippen LogP contribution in [-0.2, 0) is 14.2 Å². The lowest BCUT2D eigenvalue weighted by molar-refractivity contribution is -0.0623. The fraction of sp³-hybridized carbons (Fsp3) is 0.882. The van der Waals surface area contributed by atoms with E-state index in [1.54, 1.807) is 25.7 Å². The zero-order chi connectivity index (χ0) is 18.5. The van der Waals surface area contributed by atoms with Crippen molar-refractivity contribution in [2.45, 2.75) is 84.3 Å². The first-order chi connectivity index (χ1) is 10.9. The fourth-order valence-electron chi connectivity index (χ4n) is 2.54. The van der Waals surface area contributed by atoms with Gasteiger partial charge in [0.15, 0.2) is 6.23 Å². The zero-order valence-electron chi connectivity index (χ0n) is 16.0. The number of ether oxygens (including phenoxy) is 3. The molecule has 0 aliphatic carbocycles. The molecule has 2 amide bonds. The second-order valence-corrected chi connectivity index (χ2v) is 8.05. The minimum atomic E-state index is -0.588. The van der Waals surface area contributed by atoms with Gasteiger partial charge in [-0.05, 0) is 60.8 Å². The zero-order valence-corrected chi connectivity index (χ0v) is 16.0. The van der Waals surface area contributed by atoms with Crippen LogP contribution in [0.5, 0.6) is 0 Å². The molecule has 0 aromatic rings. The molecule has 0 spiro atoms. The number of rotatable bonds is 2. The van der Waals surface area contributed by atoms with Crippen LogP contribution in [0.2, 0.25) is 0 Å². The van der Waals surface area contributed by atoms with Crippen molar-refractivity contribution in [3.63, 3.8) is 0 Å². The summed E-state index contributed by atoms with van der Waals surface area (Å²) in [4.78, 5) is 26.1. The van der Waals surface area contributed by atoms with Crippen molar-refractivity contribution in [1.29, 1.82) is 0 Å². The van der Waals surface area contributed by atoms with Crippen molar-refractivity contribution in [2.75, 3.05) is 13.7 Å². The van der Waals surface area contributed by atoms with Gasteiger partial charge in [0, 0.05) is 13.7 Å². The molecule has 7 nitrogen and oxygen atoms in total. The van der Waals surface area contributed by atoms with Gasteiger partial charge in [-0.15, -0.1) is 0 Å². The molecule has 0 radical (unpaired) electrons. The highest BCUT2D eigenvalue weighted by molar-refractivity contribution is 5.70. The predicted octanol–water partition coefficient (Wildman–Crippen LogP) is 3.27. The van der Waals surface area contributed by atoms with Crippen LogP contribution in [0, 0.1) is 0 Å². The summed E-state index contributed by atoms with van der Waals surface area (Å²) >= 11 is 0. The van der Waals surface area contributed by atoms with Crippen molar-refractivity contribution in [3.05, 3.63) is 0 Å². The van der Waals surface area contributed by atoms with Crippen molar-refractivity contribution < 1.29 is 23.8 Å². The van der Waals surface area contributed by atoms with Crippen LogP contribution in [-0.4, -0.2) is 54.2 Å². The van der Waals surface area contributed by atoms with Gasteiger partial charge in [0.05, 0.1) is 6.04 Å². The van der Waals surface area contributed by atoms with E-state index >= 15 is 0 Å². The minimum absolute atomic E-state index is 0.347. The van der Waals surface area contributed by atoms with E-state index < -0.39 is 29.6 Å². The molecule has 0 aromatic heterocycles.